The molecule has 0 aliphatic carbocycles. The minimum atomic E-state index is 0. The predicted octanol–water partition coefficient (Wildman–Crippen LogP) is 2.96. The Morgan fingerprint density at radius 1 is 1.56 bits per heavy atom. The van der Waals surface area contributed by atoms with E-state index >= 15 is 0 Å². The highest BCUT2D eigenvalue weighted by Gasteiger charge is 2.25. The Kier molecular flexibility index (Phi) is 5.92. The lowest BCUT2D eigenvalue weighted by Gasteiger charge is -2.34. The summed E-state index contributed by atoms with van der Waals surface area (Å²) in [5.74, 6) is 0.0106. The average Bonchev–Trinajstić information content (AvgIpc) is 2.29. The molecule has 3 nitrogen and oxygen atoms in total. The van der Waals surface area contributed by atoms with Crippen molar-refractivity contribution in [1.82, 2.24) is 10.2 Å². The summed E-state index contributed by atoms with van der Waals surface area (Å²) in [7, 11) is 0. The van der Waals surface area contributed by atoms with Crippen LogP contribution >= 0.6 is 39.9 Å². The third kappa shape index (κ3) is 3.38. The van der Waals surface area contributed by atoms with E-state index in [0.717, 1.165) is 24.1 Å². The summed E-state index contributed by atoms with van der Waals surface area (Å²) in [4.78, 5) is 14.2. The molecule has 1 amide bonds. The number of hydrogen-bond donors (Lipinski definition) is 1. The lowest BCUT2D eigenvalue weighted by atomic mass is 10.1. The SMILES string of the molecule is C[C@@H]1CNCCN1C(=O)c1ccc(Br)cc1Cl.Cl. The number of nitrogens with zero attached hydrogens (tertiary/aromatic N) is 1. The summed E-state index contributed by atoms with van der Waals surface area (Å²) < 4.78 is 0.882. The second-order valence-electron chi connectivity index (χ2n) is 4.18. The second-order valence-corrected chi connectivity index (χ2v) is 5.50. The first kappa shape index (κ1) is 15.8. The number of carbonyl (C=O) groups excluding carboxylic acids is 1. The summed E-state index contributed by atoms with van der Waals surface area (Å²) in [6.45, 7) is 4.44. The van der Waals surface area contributed by atoms with Crippen LogP contribution in [0.1, 0.15) is 17.3 Å². The van der Waals surface area contributed by atoms with Gasteiger partial charge in [0.05, 0.1) is 10.6 Å². The normalized spacial score (nSPS) is 19.3. The number of nitrogens with one attached hydrogen (secondary N) is 1. The van der Waals surface area contributed by atoms with Crippen LogP contribution in [0.2, 0.25) is 5.02 Å². The molecular weight excluding hydrogens is 339 g/mol. The Bertz CT molecular complexity index is 442. The lowest BCUT2D eigenvalue weighted by Crippen LogP contribution is -2.52. The monoisotopic (exact) mass is 352 g/mol. The number of halogens is 3. The summed E-state index contributed by atoms with van der Waals surface area (Å²) in [6.07, 6.45) is 0. The van der Waals surface area contributed by atoms with E-state index in [2.05, 4.69) is 21.2 Å². The highest BCUT2D eigenvalue weighted by molar-refractivity contribution is 9.10. The quantitative estimate of drug-likeness (QED) is 0.841. The van der Waals surface area contributed by atoms with Crippen LogP contribution in [0.25, 0.3) is 0 Å². The number of benzene rings is 1. The standard InChI is InChI=1S/C12H14BrClN2O.ClH/c1-8-7-15-4-5-16(8)12(17)10-3-2-9(13)6-11(10)14;/h2-3,6,8,15H,4-5,7H2,1H3;1H/t8-;/m1./s1. The van der Waals surface area contributed by atoms with Gasteiger partial charge >= 0.3 is 0 Å². The van der Waals surface area contributed by atoms with Crippen molar-refractivity contribution in [1.29, 1.82) is 0 Å². The Morgan fingerprint density at radius 3 is 2.89 bits per heavy atom. The zero-order valence-electron chi connectivity index (χ0n) is 9.95. The number of carbonyl (C=O) groups is 1. The number of piperazine rings is 1. The van der Waals surface area contributed by atoms with Gasteiger partial charge in [-0.05, 0) is 25.1 Å². The van der Waals surface area contributed by atoms with Crippen molar-refractivity contribution in [2.24, 2.45) is 0 Å². The molecule has 0 aromatic heterocycles. The van der Waals surface area contributed by atoms with E-state index < -0.39 is 0 Å². The van der Waals surface area contributed by atoms with Gasteiger partial charge in [-0.1, -0.05) is 27.5 Å². The van der Waals surface area contributed by atoms with E-state index in [1.54, 1.807) is 12.1 Å². The molecule has 0 spiro atoms. The third-order valence-corrected chi connectivity index (χ3v) is 3.73. The van der Waals surface area contributed by atoms with Crippen molar-refractivity contribution < 1.29 is 4.79 Å². The highest BCUT2D eigenvalue weighted by atomic mass is 79.9. The molecule has 2 rings (SSSR count). The maximum atomic E-state index is 12.3. The molecule has 100 valence electrons. The molecule has 1 N–H and O–H groups in total. The molecule has 1 heterocycles. The molecule has 18 heavy (non-hydrogen) atoms. The van der Waals surface area contributed by atoms with Crippen LogP contribution in [-0.4, -0.2) is 36.5 Å². The first-order valence-corrected chi connectivity index (χ1v) is 6.73. The van der Waals surface area contributed by atoms with E-state index in [-0.39, 0.29) is 24.4 Å². The van der Waals surface area contributed by atoms with E-state index in [4.69, 9.17) is 11.6 Å². The fraction of sp³-hybridized carbons (Fsp3) is 0.417. The number of amides is 1. The van der Waals surface area contributed by atoms with Gasteiger partial charge in [0.1, 0.15) is 0 Å². The van der Waals surface area contributed by atoms with Crippen molar-refractivity contribution >= 4 is 45.8 Å². The third-order valence-electron chi connectivity index (χ3n) is 2.92. The summed E-state index contributed by atoms with van der Waals surface area (Å²) in [5.41, 5.74) is 0.573. The van der Waals surface area contributed by atoms with Gasteiger partial charge < -0.3 is 10.2 Å². The van der Waals surface area contributed by atoms with Gasteiger partial charge in [-0.3, -0.25) is 4.79 Å². The number of hydrogen-bond acceptors (Lipinski definition) is 2. The first-order valence-electron chi connectivity index (χ1n) is 5.56. The van der Waals surface area contributed by atoms with Gasteiger partial charge in [-0.2, -0.15) is 0 Å². The maximum absolute atomic E-state index is 12.3. The second kappa shape index (κ2) is 6.75. The topological polar surface area (TPSA) is 32.3 Å². The molecule has 1 aliphatic rings. The van der Waals surface area contributed by atoms with Gasteiger partial charge in [-0.15, -0.1) is 12.4 Å². The Hall–Kier alpha value is -0.290. The lowest BCUT2D eigenvalue weighted by molar-refractivity contribution is 0.0656. The average molecular weight is 354 g/mol. The fourth-order valence-corrected chi connectivity index (χ4v) is 2.71. The molecule has 1 atom stereocenters. The minimum Gasteiger partial charge on any atom is -0.333 e. The number of rotatable bonds is 1. The van der Waals surface area contributed by atoms with Crippen LogP contribution in [0.3, 0.4) is 0 Å². The van der Waals surface area contributed by atoms with E-state index in [1.165, 1.54) is 0 Å². The largest absolute Gasteiger partial charge is 0.333 e. The molecule has 1 fully saturated rings. The molecule has 1 aromatic carbocycles. The van der Waals surface area contributed by atoms with E-state index in [0.29, 0.717) is 10.6 Å². The maximum Gasteiger partial charge on any atom is 0.255 e. The summed E-state index contributed by atoms with van der Waals surface area (Å²) in [6, 6.07) is 5.56. The highest BCUT2D eigenvalue weighted by Crippen LogP contribution is 2.23. The van der Waals surface area contributed by atoms with Crippen molar-refractivity contribution in [3.8, 4) is 0 Å². The zero-order chi connectivity index (χ0) is 12.4. The molecule has 0 radical (unpaired) electrons. The Labute approximate surface area is 126 Å². The Balaban J connectivity index is 0.00000162. The van der Waals surface area contributed by atoms with Crippen LogP contribution in [0.15, 0.2) is 22.7 Å². The van der Waals surface area contributed by atoms with Crippen molar-refractivity contribution in [2.45, 2.75) is 13.0 Å². The van der Waals surface area contributed by atoms with Crippen LogP contribution < -0.4 is 5.32 Å². The van der Waals surface area contributed by atoms with Crippen molar-refractivity contribution in [2.75, 3.05) is 19.6 Å². The molecule has 1 saturated heterocycles. The van der Waals surface area contributed by atoms with Crippen LogP contribution in [0.5, 0.6) is 0 Å². The summed E-state index contributed by atoms with van der Waals surface area (Å²) in [5, 5.41) is 3.76. The van der Waals surface area contributed by atoms with Crippen molar-refractivity contribution in [3.63, 3.8) is 0 Å². The molecule has 0 bridgehead atoms. The summed E-state index contributed by atoms with van der Waals surface area (Å²) >= 11 is 9.43. The van der Waals surface area contributed by atoms with Gasteiger partial charge in [-0.25, -0.2) is 0 Å². The van der Waals surface area contributed by atoms with Crippen molar-refractivity contribution in [3.05, 3.63) is 33.3 Å². The van der Waals surface area contributed by atoms with E-state index in [9.17, 15) is 4.79 Å². The smallest absolute Gasteiger partial charge is 0.255 e. The molecule has 6 heteroatoms. The van der Waals surface area contributed by atoms with Gasteiger partial charge in [0.2, 0.25) is 0 Å². The Morgan fingerprint density at radius 2 is 2.28 bits per heavy atom. The van der Waals surface area contributed by atoms with Crippen LogP contribution in [0, 0.1) is 0 Å². The van der Waals surface area contributed by atoms with Crippen LogP contribution in [-0.2, 0) is 0 Å². The van der Waals surface area contributed by atoms with Gasteiger partial charge in [0, 0.05) is 30.1 Å². The zero-order valence-corrected chi connectivity index (χ0v) is 13.1. The molecule has 1 aliphatic heterocycles. The van der Waals surface area contributed by atoms with E-state index in [1.807, 2.05) is 17.9 Å². The molecular formula is C12H15BrCl2N2O. The first-order chi connectivity index (χ1) is 8.09. The fourth-order valence-electron chi connectivity index (χ4n) is 1.96. The molecule has 0 saturated carbocycles. The molecule has 0 unspecified atom stereocenters. The minimum absolute atomic E-state index is 0. The predicted molar refractivity (Wildman–Crippen MR) is 79.8 cm³/mol. The molecule has 1 aromatic rings. The van der Waals surface area contributed by atoms with Gasteiger partial charge in [0.25, 0.3) is 5.91 Å². The van der Waals surface area contributed by atoms with Gasteiger partial charge in [0.15, 0.2) is 0 Å². The van der Waals surface area contributed by atoms with Crippen LogP contribution in [0.4, 0.5) is 0 Å².